The summed E-state index contributed by atoms with van der Waals surface area (Å²) in [5, 5.41) is 8.98. The molecule has 1 aromatic carbocycles. The second kappa shape index (κ2) is 3.70. The number of aromatic hydroxyl groups is 1. The summed E-state index contributed by atoms with van der Waals surface area (Å²) in [6.45, 7) is -0.0807. The van der Waals surface area contributed by atoms with Crippen molar-refractivity contribution >= 4 is 0 Å². The van der Waals surface area contributed by atoms with E-state index in [0.717, 1.165) is 6.07 Å². The molecule has 0 aliphatic heterocycles. The highest BCUT2D eigenvalue weighted by molar-refractivity contribution is 5.30. The first-order chi connectivity index (χ1) is 6.06. The molecule has 0 saturated carbocycles. The molecule has 1 rings (SSSR count). The standard InChI is InChI=1S/C9H11F2NO/c10-9(11,4-5-12)7-2-1-3-8(13)6-7/h1-3,6,13H,4-5,12H2. The monoisotopic (exact) mass is 187 g/mol. The number of phenolic OH excluding ortho intramolecular Hbond substituents is 1. The number of alkyl halides is 2. The first kappa shape index (κ1) is 9.92. The lowest BCUT2D eigenvalue weighted by molar-refractivity contribution is -0.0109. The number of phenols is 1. The Morgan fingerprint density at radius 3 is 2.62 bits per heavy atom. The second-order valence-electron chi connectivity index (χ2n) is 2.79. The molecule has 0 amide bonds. The maximum atomic E-state index is 13.1. The number of hydrogen-bond acceptors (Lipinski definition) is 2. The van der Waals surface area contributed by atoms with E-state index in [1.807, 2.05) is 0 Å². The molecule has 4 heteroatoms. The summed E-state index contributed by atoms with van der Waals surface area (Å²) >= 11 is 0. The maximum absolute atomic E-state index is 13.1. The Morgan fingerprint density at radius 1 is 1.38 bits per heavy atom. The number of nitrogens with two attached hydrogens (primary N) is 1. The first-order valence-corrected chi connectivity index (χ1v) is 3.93. The first-order valence-electron chi connectivity index (χ1n) is 3.93. The van der Waals surface area contributed by atoms with Gasteiger partial charge in [-0.05, 0) is 18.7 Å². The van der Waals surface area contributed by atoms with E-state index in [4.69, 9.17) is 10.8 Å². The van der Waals surface area contributed by atoms with Gasteiger partial charge in [0.15, 0.2) is 0 Å². The average Bonchev–Trinajstić information content (AvgIpc) is 2.04. The van der Waals surface area contributed by atoms with Crippen LogP contribution in [0, 0.1) is 0 Å². The normalized spacial score (nSPS) is 11.6. The third-order valence-electron chi connectivity index (χ3n) is 1.73. The summed E-state index contributed by atoms with van der Waals surface area (Å²) < 4.78 is 26.3. The van der Waals surface area contributed by atoms with Crippen LogP contribution in [0.4, 0.5) is 8.78 Å². The highest BCUT2D eigenvalue weighted by Crippen LogP contribution is 2.32. The topological polar surface area (TPSA) is 46.2 Å². The van der Waals surface area contributed by atoms with Gasteiger partial charge in [-0.3, -0.25) is 0 Å². The lowest BCUT2D eigenvalue weighted by Gasteiger charge is -2.15. The highest BCUT2D eigenvalue weighted by atomic mass is 19.3. The molecule has 72 valence electrons. The molecular weight excluding hydrogens is 176 g/mol. The lowest BCUT2D eigenvalue weighted by atomic mass is 10.1. The van der Waals surface area contributed by atoms with Crippen molar-refractivity contribution in [3.05, 3.63) is 29.8 Å². The Labute approximate surface area is 75.0 Å². The van der Waals surface area contributed by atoms with E-state index in [-0.39, 0.29) is 17.9 Å². The molecule has 0 heterocycles. The summed E-state index contributed by atoms with van der Waals surface area (Å²) in [6.07, 6.45) is -0.406. The molecule has 0 atom stereocenters. The van der Waals surface area contributed by atoms with Crippen LogP contribution >= 0.6 is 0 Å². The SMILES string of the molecule is NCCC(F)(F)c1cccc(O)c1. The molecule has 0 fully saturated rings. The van der Waals surface area contributed by atoms with Crippen LogP contribution in [-0.4, -0.2) is 11.7 Å². The van der Waals surface area contributed by atoms with E-state index in [9.17, 15) is 8.78 Å². The minimum Gasteiger partial charge on any atom is -0.508 e. The van der Waals surface area contributed by atoms with Crippen LogP contribution in [0.5, 0.6) is 5.75 Å². The zero-order chi connectivity index (χ0) is 9.90. The molecule has 0 aliphatic rings. The average molecular weight is 187 g/mol. The van der Waals surface area contributed by atoms with Crippen LogP contribution in [0.3, 0.4) is 0 Å². The van der Waals surface area contributed by atoms with Crippen molar-refractivity contribution in [2.75, 3.05) is 6.54 Å². The Kier molecular flexibility index (Phi) is 2.83. The fourth-order valence-electron chi connectivity index (χ4n) is 1.06. The van der Waals surface area contributed by atoms with Crippen molar-refractivity contribution in [1.29, 1.82) is 0 Å². The van der Waals surface area contributed by atoms with Crippen LogP contribution in [0.15, 0.2) is 24.3 Å². The van der Waals surface area contributed by atoms with E-state index in [1.54, 1.807) is 0 Å². The van der Waals surface area contributed by atoms with Gasteiger partial charge >= 0.3 is 0 Å². The summed E-state index contributed by atoms with van der Waals surface area (Å²) in [5.74, 6) is -3.11. The summed E-state index contributed by atoms with van der Waals surface area (Å²) in [5.41, 5.74) is 4.85. The summed E-state index contributed by atoms with van der Waals surface area (Å²) in [7, 11) is 0. The maximum Gasteiger partial charge on any atom is 0.274 e. The van der Waals surface area contributed by atoms with Gasteiger partial charge in [0.05, 0.1) is 0 Å². The van der Waals surface area contributed by atoms with Gasteiger partial charge in [-0.25, -0.2) is 8.78 Å². The van der Waals surface area contributed by atoms with Crippen molar-refractivity contribution in [2.24, 2.45) is 5.73 Å². The molecule has 0 aromatic heterocycles. The molecule has 13 heavy (non-hydrogen) atoms. The van der Waals surface area contributed by atoms with Crippen LogP contribution in [0.25, 0.3) is 0 Å². The molecule has 1 aromatic rings. The van der Waals surface area contributed by atoms with Gasteiger partial charge in [-0.1, -0.05) is 12.1 Å². The van der Waals surface area contributed by atoms with E-state index < -0.39 is 12.3 Å². The van der Waals surface area contributed by atoms with Crippen LogP contribution in [-0.2, 0) is 5.92 Å². The zero-order valence-corrected chi connectivity index (χ0v) is 7.00. The fraction of sp³-hybridized carbons (Fsp3) is 0.333. The number of benzene rings is 1. The molecule has 3 N–H and O–H groups in total. The Bertz CT molecular complexity index is 289. The van der Waals surface area contributed by atoms with Crippen molar-refractivity contribution in [1.82, 2.24) is 0 Å². The third-order valence-corrected chi connectivity index (χ3v) is 1.73. The van der Waals surface area contributed by atoms with Gasteiger partial charge in [-0.2, -0.15) is 0 Å². The predicted molar refractivity (Wildman–Crippen MR) is 45.7 cm³/mol. The van der Waals surface area contributed by atoms with Gasteiger partial charge < -0.3 is 10.8 Å². The van der Waals surface area contributed by atoms with E-state index >= 15 is 0 Å². The molecule has 0 spiro atoms. The minimum atomic E-state index is -2.95. The second-order valence-corrected chi connectivity index (χ2v) is 2.79. The van der Waals surface area contributed by atoms with Crippen molar-refractivity contribution in [3.63, 3.8) is 0 Å². The molecule has 0 radical (unpaired) electrons. The van der Waals surface area contributed by atoms with E-state index in [2.05, 4.69) is 0 Å². The van der Waals surface area contributed by atoms with E-state index in [0.29, 0.717) is 0 Å². The minimum absolute atomic E-state index is 0.0807. The number of hydrogen-bond donors (Lipinski definition) is 2. The zero-order valence-electron chi connectivity index (χ0n) is 7.00. The van der Waals surface area contributed by atoms with Gasteiger partial charge in [0, 0.05) is 12.0 Å². The van der Waals surface area contributed by atoms with Crippen molar-refractivity contribution in [2.45, 2.75) is 12.3 Å². The van der Waals surface area contributed by atoms with Crippen molar-refractivity contribution < 1.29 is 13.9 Å². The predicted octanol–water partition coefficient (Wildman–Crippen LogP) is 1.83. The smallest absolute Gasteiger partial charge is 0.274 e. The molecule has 0 bridgehead atoms. The molecule has 0 saturated heterocycles. The fourth-order valence-corrected chi connectivity index (χ4v) is 1.06. The number of halogens is 2. The summed E-state index contributed by atoms with van der Waals surface area (Å²) in [4.78, 5) is 0. The third kappa shape index (κ3) is 2.39. The Morgan fingerprint density at radius 2 is 2.08 bits per heavy atom. The number of rotatable bonds is 3. The van der Waals surface area contributed by atoms with E-state index in [1.165, 1.54) is 18.2 Å². The molecular formula is C9H11F2NO. The molecule has 0 unspecified atom stereocenters. The lowest BCUT2D eigenvalue weighted by Crippen LogP contribution is -2.18. The van der Waals surface area contributed by atoms with Gasteiger partial charge in [-0.15, -0.1) is 0 Å². The van der Waals surface area contributed by atoms with Gasteiger partial charge in [0.25, 0.3) is 5.92 Å². The van der Waals surface area contributed by atoms with Crippen LogP contribution in [0.1, 0.15) is 12.0 Å². The molecule has 2 nitrogen and oxygen atoms in total. The van der Waals surface area contributed by atoms with Crippen molar-refractivity contribution in [3.8, 4) is 5.75 Å². The Balaban J connectivity index is 2.93. The van der Waals surface area contributed by atoms with Crippen LogP contribution < -0.4 is 5.73 Å². The molecule has 0 aliphatic carbocycles. The summed E-state index contributed by atoms with van der Waals surface area (Å²) in [6, 6.07) is 5.06. The van der Waals surface area contributed by atoms with Gasteiger partial charge in [0.2, 0.25) is 0 Å². The largest absolute Gasteiger partial charge is 0.508 e. The van der Waals surface area contributed by atoms with Crippen LogP contribution in [0.2, 0.25) is 0 Å². The Hall–Kier alpha value is -1.16. The quantitative estimate of drug-likeness (QED) is 0.758. The van der Waals surface area contributed by atoms with Gasteiger partial charge in [0.1, 0.15) is 5.75 Å². The highest BCUT2D eigenvalue weighted by Gasteiger charge is 2.30.